The molecule has 0 unspecified atom stereocenters. The van der Waals surface area contributed by atoms with Crippen LogP contribution in [0.15, 0.2) is 18.2 Å². The Hall–Kier alpha value is -2.22. The van der Waals surface area contributed by atoms with Gasteiger partial charge in [0, 0.05) is 17.2 Å². The molecule has 0 aliphatic rings. The Morgan fingerprint density at radius 3 is 2.80 bits per heavy atom. The molecule has 1 aromatic carbocycles. The molecule has 5 nitrogen and oxygen atoms in total. The van der Waals surface area contributed by atoms with Crippen LogP contribution in [-0.4, -0.2) is 10.7 Å². The predicted octanol–water partition coefficient (Wildman–Crippen LogP) is 2.00. The molecule has 0 saturated heterocycles. The maximum atomic E-state index is 11.4. The Bertz CT molecular complexity index is 460. The summed E-state index contributed by atoms with van der Waals surface area (Å²) in [6.07, 6.45) is -0.262. The number of nitro benzene ring substituents is 1. The summed E-state index contributed by atoms with van der Waals surface area (Å²) < 4.78 is 0. The molecule has 0 radical (unpaired) electrons. The van der Waals surface area contributed by atoms with E-state index in [1.54, 1.807) is 6.07 Å². The summed E-state index contributed by atoms with van der Waals surface area (Å²) >= 11 is 0. The van der Waals surface area contributed by atoms with Crippen LogP contribution in [0.3, 0.4) is 0 Å². The predicted molar refractivity (Wildman–Crippen MR) is 52.4 cm³/mol. The molecule has 1 aromatic rings. The quantitative estimate of drug-likeness (QED) is 0.428. The molecule has 1 rings (SSSR count). The number of Topliss-reactive ketones (excluding diaryl/α,β-unsaturated/α-hetero) is 1. The van der Waals surface area contributed by atoms with Crippen LogP contribution in [-0.2, 0) is 0 Å². The zero-order valence-electron chi connectivity index (χ0n) is 8.06. The van der Waals surface area contributed by atoms with Crippen LogP contribution in [0.25, 0.3) is 0 Å². The lowest BCUT2D eigenvalue weighted by molar-refractivity contribution is -0.385. The van der Waals surface area contributed by atoms with Crippen LogP contribution in [0, 0.1) is 28.4 Å². The minimum absolute atomic E-state index is 0.0983. The number of hydrogen-bond acceptors (Lipinski definition) is 4. The second kappa shape index (κ2) is 4.33. The summed E-state index contributed by atoms with van der Waals surface area (Å²) in [6, 6.07) is 5.98. The highest BCUT2D eigenvalue weighted by atomic mass is 16.6. The fraction of sp³-hybridized carbons (Fsp3) is 0.200. The van der Waals surface area contributed by atoms with Crippen molar-refractivity contribution in [2.75, 3.05) is 0 Å². The van der Waals surface area contributed by atoms with Gasteiger partial charge in [0.2, 0.25) is 0 Å². The molecule has 0 fully saturated rings. The van der Waals surface area contributed by atoms with Crippen molar-refractivity contribution in [3.8, 4) is 6.07 Å². The monoisotopic (exact) mass is 204 g/mol. The van der Waals surface area contributed by atoms with Gasteiger partial charge in [-0.15, -0.1) is 0 Å². The van der Waals surface area contributed by atoms with Gasteiger partial charge in [-0.3, -0.25) is 14.9 Å². The van der Waals surface area contributed by atoms with Gasteiger partial charge in [-0.2, -0.15) is 5.26 Å². The number of carbonyl (C=O) groups is 1. The van der Waals surface area contributed by atoms with E-state index in [4.69, 9.17) is 5.26 Å². The maximum Gasteiger partial charge on any atom is 0.273 e. The van der Waals surface area contributed by atoms with E-state index >= 15 is 0 Å². The molecule has 0 atom stereocenters. The normalized spacial score (nSPS) is 9.33. The molecule has 0 amide bonds. The van der Waals surface area contributed by atoms with Crippen LogP contribution in [0.4, 0.5) is 5.69 Å². The Morgan fingerprint density at radius 2 is 2.27 bits per heavy atom. The third kappa shape index (κ3) is 2.17. The first-order valence-corrected chi connectivity index (χ1v) is 4.22. The number of ketones is 1. The maximum absolute atomic E-state index is 11.4. The third-order valence-electron chi connectivity index (χ3n) is 2.04. The topological polar surface area (TPSA) is 84.0 Å². The molecule has 76 valence electrons. The van der Waals surface area contributed by atoms with Gasteiger partial charge in [-0.25, -0.2) is 0 Å². The first kappa shape index (κ1) is 10.9. The van der Waals surface area contributed by atoms with E-state index in [9.17, 15) is 14.9 Å². The fourth-order valence-corrected chi connectivity index (χ4v) is 1.29. The highest BCUT2D eigenvalue weighted by molar-refractivity contribution is 5.99. The number of rotatable bonds is 3. The lowest BCUT2D eigenvalue weighted by atomic mass is 10.0. The van der Waals surface area contributed by atoms with Gasteiger partial charge in [-0.1, -0.05) is 12.1 Å². The standard InChI is InChI=1S/C10H8N2O3/c1-7-8(10(13)5-6-11)3-2-4-9(7)12(14)15/h2-4H,5H2,1H3. The van der Waals surface area contributed by atoms with E-state index in [2.05, 4.69) is 0 Å². The van der Waals surface area contributed by atoms with Crippen molar-refractivity contribution in [1.82, 2.24) is 0 Å². The zero-order chi connectivity index (χ0) is 11.4. The van der Waals surface area contributed by atoms with E-state index in [0.717, 1.165) is 0 Å². The van der Waals surface area contributed by atoms with Gasteiger partial charge in [0.1, 0.15) is 0 Å². The summed E-state index contributed by atoms with van der Waals surface area (Å²) in [5.74, 6) is -0.390. The summed E-state index contributed by atoms with van der Waals surface area (Å²) in [7, 11) is 0. The molecular weight excluding hydrogens is 196 g/mol. The lowest BCUT2D eigenvalue weighted by Crippen LogP contribution is -2.03. The van der Waals surface area contributed by atoms with Crippen LogP contribution in [0.2, 0.25) is 0 Å². The number of nitro groups is 1. The molecule has 0 heterocycles. The van der Waals surface area contributed by atoms with Gasteiger partial charge in [-0.05, 0) is 6.92 Å². The average molecular weight is 204 g/mol. The second-order valence-corrected chi connectivity index (χ2v) is 2.96. The number of hydrogen-bond donors (Lipinski definition) is 0. The van der Waals surface area contributed by atoms with Crippen molar-refractivity contribution in [3.05, 3.63) is 39.4 Å². The molecule has 0 aromatic heterocycles. The first-order chi connectivity index (χ1) is 7.07. The fourth-order valence-electron chi connectivity index (χ4n) is 1.29. The summed E-state index contributed by atoms with van der Waals surface area (Å²) in [5, 5.41) is 18.9. The summed E-state index contributed by atoms with van der Waals surface area (Å²) in [6.45, 7) is 1.50. The van der Waals surface area contributed by atoms with Gasteiger partial charge in [0.05, 0.1) is 17.4 Å². The Balaban J connectivity index is 3.22. The Labute approximate surface area is 86.1 Å². The van der Waals surface area contributed by atoms with Crippen molar-refractivity contribution < 1.29 is 9.72 Å². The first-order valence-electron chi connectivity index (χ1n) is 4.22. The third-order valence-corrected chi connectivity index (χ3v) is 2.04. The second-order valence-electron chi connectivity index (χ2n) is 2.96. The zero-order valence-corrected chi connectivity index (χ0v) is 8.06. The SMILES string of the molecule is Cc1c(C(=O)CC#N)cccc1[N+](=O)[O-]. The summed E-state index contributed by atoms with van der Waals surface area (Å²) in [4.78, 5) is 21.4. The number of carbonyl (C=O) groups excluding carboxylic acids is 1. The molecule has 0 saturated carbocycles. The molecule has 0 bridgehead atoms. The largest absolute Gasteiger partial charge is 0.293 e. The minimum atomic E-state index is -0.543. The van der Waals surface area contributed by atoms with Gasteiger partial charge in [0.25, 0.3) is 5.69 Å². The molecule has 15 heavy (non-hydrogen) atoms. The van der Waals surface area contributed by atoms with E-state index in [1.165, 1.54) is 25.1 Å². The molecule has 0 N–H and O–H groups in total. The highest BCUT2D eigenvalue weighted by Crippen LogP contribution is 2.21. The number of benzene rings is 1. The van der Waals surface area contributed by atoms with Crippen molar-refractivity contribution in [3.63, 3.8) is 0 Å². The van der Waals surface area contributed by atoms with Gasteiger partial charge >= 0.3 is 0 Å². The van der Waals surface area contributed by atoms with E-state index in [0.29, 0.717) is 5.56 Å². The number of nitrogens with zero attached hydrogens (tertiary/aromatic N) is 2. The van der Waals surface area contributed by atoms with Crippen molar-refractivity contribution >= 4 is 11.5 Å². The van der Waals surface area contributed by atoms with E-state index in [1.807, 2.05) is 0 Å². The van der Waals surface area contributed by atoms with Gasteiger partial charge in [0.15, 0.2) is 5.78 Å². The van der Waals surface area contributed by atoms with Gasteiger partial charge < -0.3 is 0 Å². The van der Waals surface area contributed by atoms with E-state index < -0.39 is 10.7 Å². The Morgan fingerprint density at radius 1 is 1.60 bits per heavy atom. The molecular formula is C10H8N2O3. The van der Waals surface area contributed by atoms with Crippen LogP contribution < -0.4 is 0 Å². The molecule has 0 aliphatic carbocycles. The van der Waals surface area contributed by atoms with Crippen molar-refractivity contribution in [2.24, 2.45) is 0 Å². The molecule has 0 aliphatic heterocycles. The van der Waals surface area contributed by atoms with E-state index in [-0.39, 0.29) is 17.7 Å². The average Bonchev–Trinajstić information content (AvgIpc) is 2.17. The van der Waals surface area contributed by atoms with Crippen LogP contribution >= 0.6 is 0 Å². The van der Waals surface area contributed by atoms with Crippen molar-refractivity contribution in [1.29, 1.82) is 5.26 Å². The Kier molecular flexibility index (Phi) is 3.13. The minimum Gasteiger partial charge on any atom is -0.293 e. The molecule has 0 spiro atoms. The number of nitriles is 1. The smallest absolute Gasteiger partial charge is 0.273 e. The van der Waals surface area contributed by atoms with Crippen LogP contribution in [0.5, 0.6) is 0 Å². The summed E-state index contributed by atoms with van der Waals surface area (Å²) in [5.41, 5.74) is 0.451. The van der Waals surface area contributed by atoms with Crippen LogP contribution in [0.1, 0.15) is 22.3 Å². The van der Waals surface area contributed by atoms with Crippen molar-refractivity contribution in [2.45, 2.75) is 13.3 Å². The molecule has 5 heteroatoms. The highest BCUT2D eigenvalue weighted by Gasteiger charge is 2.17. The lowest BCUT2D eigenvalue weighted by Gasteiger charge is -2.02.